The number of hydrogen-bond donors (Lipinski definition) is 1. The van der Waals surface area contributed by atoms with E-state index in [4.69, 9.17) is 11.6 Å². The van der Waals surface area contributed by atoms with Crippen molar-refractivity contribution in [3.8, 4) is 0 Å². The average Bonchev–Trinajstić information content (AvgIpc) is 3.01. The number of rotatable bonds is 4. The summed E-state index contributed by atoms with van der Waals surface area (Å²) in [7, 11) is 0. The van der Waals surface area contributed by atoms with Crippen LogP contribution in [0.1, 0.15) is 27.0 Å². The first-order chi connectivity index (χ1) is 10.7. The molecule has 3 rings (SSSR count). The largest absolute Gasteiger partial charge is 0.339 e. The fourth-order valence-electron chi connectivity index (χ4n) is 2.16. The fourth-order valence-corrected chi connectivity index (χ4v) is 3.11. The maximum absolute atomic E-state index is 12.4. The van der Waals surface area contributed by atoms with Crippen molar-refractivity contribution in [1.29, 1.82) is 0 Å². The third-order valence-electron chi connectivity index (χ3n) is 3.19. The Bertz CT molecular complexity index is 719. The van der Waals surface area contributed by atoms with Crippen LogP contribution in [0, 0.1) is 0 Å². The van der Waals surface area contributed by atoms with Gasteiger partial charge in [-0.25, -0.2) is 0 Å². The Morgan fingerprint density at radius 2 is 1.82 bits per heavy atom. The highest BCUT2D eigenvalue weighted by molar-refractivity contribution is 7.18. The summed E-state index contributed by atoms with van der Waals surface area (Å²) in [6, 6.07) is 18.6. The van der Waals surface area contributed by atoms with Crippen molar-refractivity contribution in [2.75, 3.05) is 0 Å². The number of aromatic nitrogens is 1. The topological polar surface area (TPSA) is 42.0 Å². The van der Waals surface area contributed by atoms with Crippen molar-refractivity contribution in [1.82, 2.24) is 10.3 Å². The van der Waals surface area contributed by atoms with E-state index in [9.17, 15) is 4.79 Å². The summed E-state index contributed by atoms with van der Waals surface area (Å²) in [6.07, 6.45) is 1.72. The highest BCUT2D eigenvalue weighted by Crippen LogP contribution is 2.24. The Balaban J connectivity index is 1.91. The van der Waals surface area contributed by atoms with Crippen LogP contribution in [-0.4, -0.2) is 10.9 Å². The van der Waals surface area contributed by atoms with E-state index >= 15 is 0 Å². The molecule has 0 saturated carbocycles. The molecule has 0 aliphatic carbocycles. The van der Waals surface area contributed by atoms with Crippen LogP contribution in [-0.2, 0) is 0 Å². The van der Waals surface area contributed by atoms with E-state index in [0.29, 0.717) is 9.21 Å². The van der Waals surface area contributed by atoms with E-state index in [1.807, 2.05) is 48.5 Å². The molecule has 1 N–H and O–H groups in total. The van der Waals surface area contributed by atoms with Gasteiger partial charge in [-0.3, -0.25) is 9.78 Å². The van der Waals surface area contributed by atoms with Gasteiger partial charge in [0.15, 0.2) is 0 Å². The van der Waals surface area contributed by atoms with Gasteiger partial charge < -0.3 is 5.32 Å². The molecule has 1 unspecified atom stereocenters. The zero-order valence-electron chi connectivity index (χ0n) is 11.6. The molecular weight excluding hydrogens is 316 g/mol. The quantitative estimate of drug-likeness (QED) is 0.775. The van der Waals surface area contributed by atoms with Crippen LogP contribution >= 0.6 is 22.9 Å². The van der Waals surface area contributed by atoms with Crippen molar-refractivity contribution in [3.05, 3.63) is 87.3 Å². The molecule has 110 valence electrons. The van der Waals surface area contributed by atoms with Gasteiger partial charge >= 0.3 is 0 Å². The van der Waals surface area contributed by atoms with E-state index in [-0.39, 0.29) is 11.9 Å². The molecule has 0 spiro atoms. The van der Waals surface area contributed by atoms with E-state index in [0.717, 1.165) is 11.3 Å². The molecule has 22 heavy (non-hydrogen) atoms. The lowest BCUT2D eigenvalue weighted by molar-refractivity contribution is 0.0946. The molecule has 0 bridgehead atoms. The molecule has 0 saturated heterocycles. The van der Waals surface area contributed by atoms with Crippen LogP contribution in [0.2, 0.25) is 4.34 Å². The number of thiophene rings is 1. The highest BCUT2D eigenvalue weighted by Gasteiger charge is 2.19. The first kappa shape index (κ1) is 14.8. The third kappa shape index (κ3) is 3.35. The molecule has 0 aliphatic heterocycles. The number of pyridine rings is 1. The predicted octanol–water partition coefficient (Wildman–Crippen LogP) is 4.32. The van der Waals surface area contributed by atoms with Crippen LogP contribution in [0.3, 0.4) is 0 Å². The van der Waals surface area contributed by atoms with Gasteiger partial charge in [0, 0.05) is 6.20 Å². The van der Waals surface area contributed by atoms with Gasteiger partial charge in [-0.1, -0.05) is 48.0 Å². The number of nitrogens with zero attached hydrogens (tertiary/aromatic N) is 1. The van der Waals surface area contributed by atoms with Crippen LogP contribution in [0.15, 0.2) is 66.9 Å². The number of carbonyl (C=O) groups excluding carboxylic acids is 1. The van der Waals surface area contributed by atoms with E-state index < -0.39 is 0 Å². The zero-order valence-corrected chi connectivity index (χ0v) is 13.1. The van der Waals surface area contributed by atoms with Crippen molar-refractivity contribution in [3.63, 3.8) is 0 Å². The van der Waals surface area contributed by atoms with Crippen LogP contribution in [0.25, 0.3) is 0 Å². The Morgan fingerprint density at radius 1 is 1.05 bits per heavy atom. The summed E-state index contributed by atoms with van der Waals surface area (Å²) >= 11 is 7.16. The fraction of sp³-hybridized carbons (Fsp3) is 0.0588. The molecule has 2 aromatic heterocycles. The molecule has 2 heterocycles. The van der Waals surface area contributed by atoms with E-state index in [2.05, 4.69) is 10.3 Å². The minimum atomic E-state index is -0.296. The SMILES string of the molecule is O=C(NC(c1ccccc1)c1ccccn1)c1ccc(Cl)s1. The molecule has 3 nitrogen and oxygen atoms in total. The lowest BCUT2D eigenvalue weighted by Gasteiger charge is -2.18. The van der Waals surface area contributed by atoms with E-state index in [1.54, 1.807) is 18.3 Å². The third-order valence-corrected chi connectivity index (χ3v) is 4.42. The lowest BCUT2D eigenvalue weighted by atomic mass is 10.0. The summed E-state index contributed by atoms with van der Waals surface area (Å²) in [6.45, 7) is 0. The average molecular weight is 329 g/mol. The van der Waals surface area contributed by atoms with Crippen LogP contribution in [0.5, 0.6) is 0 Å². The first-order valence-electron chi connectivity index (χ1n) is 6.76. The Kier molecular flexibility index (Phi) is 4.51. The van der Waals surface area contributed by atoms with Gasteiger partial charge in [-0.2, -0.15) is 0 Å². The van der Waals surface area contributed by atoms with Gasteiger partial charge in [-0.05, 0) is 29.8 Å². The summed E-state index contributed by atoms with van der Waals surface area (Å²) < 4.78 is 0.597. The number of amides is 1. The lowest BCUT2D eigenvalue weighted by Crippen LogP contribution is -2.29. The molecular formula is C17H13ClN2OS. The first-order valence-corrected chi connectivity index (χ1v) is 7.95. The van der Waals surface area contributed by atoms with Crippen LogP contribution in [0.4, 0.5) is 0 Å². The summed E-state index contributed by atoms with van der Waals surface area (Å²) in [4.78, 5) is 17.4. The number of hydrogen-bond acceptors (Lipinski definition) is 3. The Morgan fingerprint density at radius 3 is 2.45 bits per heavy atom. The second kappa shape index (κ2) is 6.73. The van der Waals surface area contributed by atoms with Crippen molar-refractivity contribution in [2.45, 2.75) is 6.04 Å². The standard InChI is InChI=1S/C17H13ClN2OS/c18-15-10-9-14(22-15)17(21)20-16(12-6-2-1-3-7-12)13-8-4-5-11-19-13/h1-11,16H,(H,20,21). The van der Waals surface area contributed by atoms with Crippen LogP contribution < -0.4 is 5.32 Å². The van der Waals surface area contributed by atoms with Crippen molar-refractivity contribution in [2.24, 2.45) is 0 Å². The second-order valence-electron chi connectivity index (χ2n) is 4.68. The molecule has 1 amide bonds. The monoisotopic (exact) mass is 328 g/mol. The molecule has 0 radical (unpaired) electrons. The molecule has 3 aromatic rings. The molecule has 0 fully saturated rings. The van der Waals surface area contributed by atoms with E-state index in [1.165, 1.54) is 11.3 Å². The highest BCUT2D eigenvalue weighted by atomic mass is 35.5. The normalized spacial score (nSPS) is 11.9. The number of nitrogens with one attached hydrogen (secondary N) is 1. The minimum Gasteiger partial charge on any atom is -0.339 e. The molecule has 0 aliphatic rings. The van der Waals surface area contributed by atoms with Gasteiger partial charge in [0.05, 0.1) is 20.9 Å². The summed E-state index contributed by atoms with van der Waals surface area (Å²) in [5.74, 6) is -0.156. The molecule has 5 heteroatoms. The van der Waals surface area contributed by atoms with Gasteiger partial charge in [0.25, 0.3) is 5.91 Å². The Labute approximate surface area is 137 Å². The Hall–Kier alpha value is -2.17. The molecule has 1 aromatic carbocycles. The number of halogens is 1. The zero-order chi connectivity index (χ0) is 15.4. The smallest absolute Gasteiger partial charge is 0.262 e. The van der Waals surface area contributed by atoms with Gasteiger partial charge in [0.1, 0.15) is 0 Å². The number of carbonyl (C=O) groups is 1. The van der Waals surface area contributed by atoms with Crippen molar-refractivity contribution >= 4 is 28.8 Å². The van der Waals surface area contributed by atoms with Gasteiger partial charge in [-0.15, -0.1) is 11.3 Å². The predicted molar refractivity (Wildman–Crippen MR) is 89.3 cm³/mol. The maximum Gasteiger partial charge on any atom is 0.262 e. The van der Waals surface area contributed by atoms with Crippen molar-refractivity contribution < 1.29 is 4.79 Å². The molecule has 1 atom stereocenters. The maximum atomic E-state index is 12.4. The second-order valence-corrected chi connectivity index (χ2v) is 6.39. The summed E-state index contributed by atoms with van der Waals surface area (Å²) in [5, 5.41) is 3.03. The minimum absolute atomic E-state index is 0.156. The number of benzene rings is 1. The summed E-state index contributed by atoms with van der Waals surface area (Å²) in [5.41, 5.74) is 1.78. The van der Waals surface area contributed by atoms with Gasteiger partial charge in [0.2, 0.25) is 0 Å².